The first-order chi connectivity index (χ1) is 13.8. The average molecular weight is 419 g/mol. The van der Waals surface area contributed by atoms with Gasteiger partial charge in [-0.15, -0.1) is 22.7 Å². The minimum atomic E-state index is -0.801. The number of hydrogen-bond donors (Lipinski definition) is 0. The topological polar surface area (TPSA) is 83.8 Å². The lowest BCUT2D eigenvalue weighted by molar-refractivity contribution is 0.0954. The molecule has 0 aromatic carbocycles. The number of rotatable bonds is 4. The fourth-order valence-electron chi connectivity index (χ4n) is 2.92. The quantitative estimate of drug-likeness (QED) is 0.613. The Labute approximate surface area is 178 Å². The van der Waals surface area contributed by atoms with Gasteiger partial charge in [0, 0.05) is 34.3 Å². The van der Waals surface area contributed by atoms with Crippen LogP contribution in [0.5, 0.6) is 0 Å². The standard InChI is InChI=1S/C22H18N4OS2/c1-22(2)17(16(13-25)21(27-22)14(11-23)12-24)7-5-15-6-8-18(28-15)19-9-10-20(29-19)26(3)4/h5-10H,1-4H3/b7-5+. The predicted octanol–water partition coefficient (Wildman–Crippen LogP) is 5.49. The third kappa shape index (κ3) is 3.96. The maximum Gasteiger partial charge on any atom is 0.172 e. The van der Waals surface area contributed by atoms with E-state index in [0.717, 1.165) is 4.88 Å². The second-order valence-electron chi connectivity index (χ2n) is 7.01. The van der Waals surface area contributed by atoms with E-state index in [-0.39, 0.29) is 16.9 Å². The molecule has 3 rings (SSSR count). The van der Waals surface area contributed by atoms with Gasteiger partial charge in [0.25, 0.3) is 0 Å². The van der Waals surface area contributed by atoms with Gasteiger partial charge in [0.05, 0.1) is 5.00 Å². The summed E-state index contributed by atoms with van der Waals surface area (Å²) in [7, 11) is 4.05. The number of allylic oxidation sites excluding steroid dienone is 2. The molecular weight excluding hydrogens is 400 g/mol. The molecule has 2 aromatic heterocycles. The van der Waals surface area contributed by atoms with Crippen molar-refractivity contribution in [3.8, 4) is 28.0 Å². The molecule has 0 fully saturated rings. The summed E-state index contributed by atoms with van der Waals surface area (Å²) in [5.41, 5.74) is -0.107. The molecule has 0 amide bonds. The van der Waals surface area contributed by atoms with Crippen LogP contribution in [0.3, 0.4) is 0 Å². The number of nitrogens with zero attached hydrogens (tertiary/aromatic N) is 4. The van der Waals surface area contributed by atoms with Gasteiger partial charge in [-0.05, 0) is 44.2 Å². The van der Waals surface area contributed by atoms with E-state index < -0.39 is 5.60 Å². The minimum Gasteiger partial charge on any atom is -0.480 e. The predicted molar refractivity (Wildman–Crippen MR) is 117 cm³/mol. The van der Waals surface area contributed by atoms with Gasteiger partial charge >= 0.3 is 0 Å². The van der Waals surface area contributed by atoms with Crippen molar-refractivity contribution in [3.63, 3.8) is 0 Å². The second kappa shape index (κ2) is 7.97. The third-order valence-corrected chi connectivity index (χ3v) is 6.88. The van der Waals surface area contributed by atoms with Crippen LogP contribution in [-0.2, 0) is 4.74 Å². The Balaban J connectivity index is 1.95. The summed E-state index contributed by atoms with van der Waals surface area (Å²) in [6.07, 6.45) is 3.78. The highest BCUT2D eigenvalue weighted by Gasteiger charge is 2.38. The van der Waals surface area contributed by atoms with Gasteiger partial charge in [0.1, 0.15) is 29.4 Å². The van der Waals surface area contributed by atoms with E-state index in [4.69, 9.17) is 15.3 Å². The van der Waals surface area contributed by atoms with Gasteiger partial charge in [-0.2, -0.15) is 15.8 Å². The van der Waals surface area contributed by atoms with Crippen molar-refractivity contribution in [1.29, 1.82) is 15.8 Å². The summed E-state index contributed by atoms with van der Waals surface area (Å²) in [5.74, 6) is 0.0591. The Morgan fingerprint density at radius 3 is 2.24 bits per heavy atom. The van der Waals surface area contributed by atoms with Crippen LogP contribution in [0.1, 0.15) is 18.7 Å². The average Bonchev–Trinajstić information content (AvgIpc) is 3.38. The number of thiophene rings is 2. The molecule has 5 nitrogen and oxygen atoms in total. The van der Waals surface area contributed by atoms with Crippen LogP contribution in [0.2, 0.25) is 0 Å². The molecule has 0 atom stereocenters. The van der Waals surface area contributed by atoms with Crippen LogP contribution in [-0.4, -0.2) is 19.7 Å². The summed E-state index contributed by atoms with van der Waals surface area (Å²) in [5, 5.41) is 29.1. The Morgan fingerprint density at radius 2 is 1.66 bits per heavy atom. The lowest BCUT2D eigenvalue weighted by Gasteiger charge is -2.20. The molecular formula is C22H18N4OS2. The molecule has 0 aliphatic carbocycles. The monoisotopic (exact) mass is 418 g/mol. The van der Waals surface area contributed by atoms with E-state index in [2.05, 4.69) is 29.2 Å². The fourth-order valence-corrected chi connectivity index (χ4v) is 4.85. The van der Waals surface area contributed by atoms with E-state index in [0.29, 0.717) is 5.57 Å². The van der Waals surface area contributed by atoms with E-state index >= 15 is 0 Å². The zero-order valence-electron chi connectivity index (χ0n) is 16.5. The van der Waals surface area contributed by atoms with Gasteiger partial charge in [0.2, 0.25) is 0 Å². The minimum absolute atomic E-state index is 0.0591. The van der Waals surface area contributed by atoms with Gasteiger partial charge in [0.15, 0.2) is 11.3 Å². The van der Waals surface area contributed by atoms with Crippen LogP contribution in [0.4, 0.5) is 5.00 Å². The first-order valence-electron chi connectivity index (χ1n) is 8.75. The van der Waals surface area contributed by atoms with Gasteiger partial charge in [-0.1, -0.05) is 6.08 Å². The molecule has 0 bridgehead atoms. The van der Waals surface area contributed by atoms with E-state index in [1.165, 1.54) is 14.8 Å². The van der Waals surface area contributed by atoms with Crippen LogP contribution >= 0.6 is 22.7 Å². The molecule has 1 aliphatic heterocycles. The van der Waals surface area contributed by atoms with Crippen molar-refractivity contribution in [1.82, 2.24) is 0 Å². The van der Waals surface area contributed by atoms with Crippen LogP contribution in [0, 0.1) is 34.0 Å². The highest BCUT2D eigenvalue weighted by molar-refractivity contribution is 7.24. The second-order valence-corrected chi connectivity index (χ2v) is 9.19. The number of ether oxygens (including phenoxy) is 1. The molecule has 3 heterocycles. The summed E-state index contributed by atoms with van der Waals surface area (Å²) in [4.78, 5) is 5.51. The highest BCUT2D eigenvalue weighted by atomic mass is 32.1. The van der Waals surface area contributed by atoms with Gasteiger partial charge < -0.3 is 9.64 Å². The first kappa shape index (κ1) is 20.4. The molecule has 1 aliphatic rings. The summed E-state index contributed by atoms with van der Waals surface area (Å²) < 4.78 is 5.78. The van der Waals surface area contributed by atoms with Crippen LogP contribution in [0.15, 0.2) is 52.8 Å². The van der Waals surface area contributed by atoms with E-state index in [1.54, 1.807) is 34.8 Å². The molecule has 7 heteroatoms. The van der Waals surface area contributed by atoms with E-state index in [1.807, 2.05) is 46.2 Å². The first-order valence-corrected chi connectivity index (χ1v) is 10.4. The Bertz CT molecular complexity index is 1150. The molecule has 0 N–H and O–H groups in total. The molecule has 29 heavy (non-hydrogen) atoms. The number of hydrogen-bond acceptors (Lipinski definition) is 7. The Hall–Kier alpha value is -3.31. The highest BCUT2D eigenvalue weighted by Crippen LogP contribution is 2.41. The molecule has 0 radical (unpaired) electrons. The van der Waals surface area contributed by atoms with Crippen LogP contribution < -0.4 is 4.90 Å². The van der Waals surface area contributed by atoms with Crippen molar-refractivity contribution in [2.75, 3.05) is 19.0 Å². The van der Waals surface area contributed by atoms with Crippen molar-refractivity contribution in [2.24, 2.45) is 0 Å². The lowest BCUT2D eigenvalue weighted by Crippen LogP contribution is -2.20. The number of nitriles is 3. The Kier molecular flexibility index (Phi) is 5.62. The van der Waals surface area contributed by atoms with Crippen molar-refractivity contribution in [2.45, 2.75) is 19.4 Å². The SMILES string of the molecule is CN(C)c1ccc(-c2ccc(/C=C/C3=C(C#N)C(=C(C#N)C#N)OC3(C)C)s2)s1. The maximum absolute atomic E-state index is 9.60. The zero-order chi connectivity index (χ0) is 21.2. The normalized spacial score (nSPS) is 15.0. The van der Waals surface area contributed by atoms with Crippen molar-refractivity contribution >= 4 is 33.8 Å². The lowest BCUT2D eigenvalue weighted by atomic mass is 9.94. The maximum atomic E-state index is 9.60. The Morgan fingerprint density at radius 1 is 1.00 bits per heavy atom. The molecule has 144 valence electrons. The van der Waals surface area contributed by atoms with Gasteiger partial charge in [-0.3, -0.25) is 0 Å². The molecule has 2 aromatic rings. The molecule has 0 saturated carbocycles. The van der Waals surface area contributed by atoms with E-state index in [9.17, 15) is 5.26 Å². The van der Waals surface area contributed by atoms with Gasteiger partial charge in [-0.25, -0.2) is 0 Å². The van der Waals surface area contributed by atoms with Crippen molar-refractivity contribution in [3.05, 3.63) is 57.7 Å². The largest absolute Gasteiger partial charge is 0.480 e. The summed E-state index contributed by atoms with van der Waals surface area (Å²) >= 11 is 3.40. The molecule has 0 unspecified atom stereocenters. The fraction of sp³-hybridized carbons (Fsp3) is 0.227. The van der Waals surface area contributed by atoms with Crippen LogP contribution in [0.25, 0.3) is 15.8 Å². The third-order valence-electron chi connectivity index (χ3n) is 4.38. The smallest absolute Gasteiger partial charge is 0.172 e. The molecule has 0 spiro atoms. The molecule has 0 saturated heterocycles. The summed E-state index contributed by atoms with van der Waals surface area (Å²) in [6, 6.07) is 14.0. The van der Waals surface area contributed by atoms with Crippen molar-refractivity contribution < 1.29 is 4.74 Å². The number of anilines is 1. The zero-order valence-corrected chi connectivity index (χ0v) is 18.1. The summed E-state index contributed by atoms with van der Waals surface area (Å²) in [6.45, 7) is 3.63.